The highest BCUT2D eigenvalue weighted by Gasteiger charge is 1.96. The Labute approximate surface area is 72.3 Å². The quantitative estimate of drug-likeness (QED) is 0.615. The van der Waals surface area contributed by atoms with Crippen molar-refractivity contribution in [2.45, 2.75) is 13.3 Å². The second kappa shape index (κ2) is 7.88. The van der Waals surface area contributed by atoms with E-state index in [1.165, 1.54) is 11.8 Å². The van der Waals surface area contributed by atoms with Gasteiger partial charge >= 0.3 is 0 Å². The van der Waals surface area contributed by atoms with Gasteiger partial charge in [-0.05, 0) is 25.8 Å². The van der Waals surface area contributed by atoms with E-state index in [1.54, 1.807) is 0 Å². The molecule has 66 valence electrons. The van der Waals surface area contributed by atoms with Gasteiger partial charge in [0.15, 0.2) is 0 Å². The van der Waals surface area contributed by atoms with Gasteiger partial charge in [-0.1, -0.05) is 18.7 Å². The second-order valence-electron chi connectivity index (χ2n) is 2.10. The second-order valence-corrected chi connectivity index (χ2v) is 3.34. The van der Waals surface area contributed by atoms with Crippen LogP contribution < -0.4 is 10.6 Å². The molecule has 11 heavy (non-hydrogen) atoms. The van der Waals surface area contributed by atoms with Gasteiger partial charge in [0.1, 0.15) is 0 Å². The van der Waals surface area contributed by atoms with Crippen molar-refractivity contribution in [1.82, 2.24) is 10.6 Å². The molecule has 0 saturated carbocycles. The molecule has 0 aromatic carbocycles. The Kier molecular flexibility index (Phi) is 7.72. The zero-order chi connectivity index (χ0) is 8.53. The summed E-state index contributed by atoms with van der Waals surface area (Å²) in [5.41, 5.74) is 0. The molecule has 0 aliphatic rings. The molecule has 0 aromatic heterocycles. The van der Waals surface area contributed by atoms with E-state index in [0.29, 0.717) is 0 Å². The van der Waals surface area contributed by atoms with Crippen LogP contribution in [0.2, 0.25) is 0 Å². The molecule has 0 aromatic rings. The summed E-state index contributed by atoms with van der Waals surface area (Å²) in [7, 11) is 1.91. The van der Waals surface area contributed by atoms with Gasteiger partial charge in [-0.15, -0.1) is 0 Å². The van der Waals surface area contributed by atoms with E-state index in [-0.39, 0.29) is 5.24 Å². The van der Waals surface area contributed by atoms with E-state index < -0.39 is 0 Å². The van der Waals surface area contributed by atoms with E-state index in [2.05, 4.69) is 10.6 Å². The first-order chi connectivity index (χ1) is 5.31. The summed E-state index contributed by atoms with van der Waals surface area (Å²) in [4.78, 5) is 10.8. The number of nitrogens with one attached hydrogen (secondary N) is 2. The van der Waals surface area contributed by atoms with Crippen LogP contribution in [0.25, 0.3) is 0 Å². The van der Waals surface area contributed by atoms with Crippen molar-refractivity contribution in [2.75, 3.05) is 25.9 Å². The molecule has 0 aliphatic heterocycles. The molecule has 0 aliphatic carbocycles. The lowest BCUT2D eigenvalue weighted by atomic mass is 10.4. The summed E-state index contributed by atoms with van der Waals surface area (Å²) >= 11 is 1.32. The lowest BCUT2D eigenvalue weighted by molar-refractivity contribution is 0.260. The van der Waals surface area contributed by atoms with Crippen molar-refractivity contribution in [3.63, 3.8) is 0 Å². The number of carbonyl (C=O) groups is 1. The molecular formula is C7H16N2OS. The van der Waals surface area contributed by atoms with Gasteiger partial charge < -0.3 is 10.6 Å². The fraction of sp³-hybridized carbons (Fsp3) is 0.857. The average molecular weight is 176 g/mol. The topological polar surface area (TPSA) is 41.1 Å². The normalized spacial score (nSPS) is 9.64. The van der Waals surface area contributed by atoms with Gasteiger partial charge in [0, 0.05) is 6.54 Å². The predicted octanol–water partition coefficient (Wildman–Crippen LogP) is 1.06. The summed E-state index contributed by atoms with van der Waals surface area (Å²) in [6.45, 7) is 3.70. The lowest BCUT2D eigenvalue weighted by Gasteiger charge is -2.02. The fourth-order valence-corrected chi connectivity index (χ4v) is 1.10. The molecule has 0 saturated heterocycles. The summed E-state index contributed by atoms with van der Waals surface area (Å²) in [6.07, 6.45) is 0.993. The van der Waals surface area contributed by atoms with Crippen LogP contribution in [-0.2, 0) is 0 Å². The molecule has 0 fully saturated rings. The number of amides is 1. The zero-order valence-electron chi connectivity index (χ0n) is 7.14. The third kappa shape index (κ3) is 7.68. The molecular weight excluding hydrogens is 160 g/mol. The summed E-state index contributed by atoms with van der Waals surface area (Å²) in [5, 5.41) is 5.90. The fourth-order valence-electron chi connectivity index (χ4n) is 0.638. The Morgan fingerprint density at radius 3 is 2.73 bits per heavy atom. The Hall–Kier alpha value is -0.220. The smallest absolute Gasteiger partial charge is 0.279 e. The van der Waals surface area contributed by atoms with Crippen LogP contribution in [0.15, 0.2) is 0 Å². The van der Waals surface area contributed by atoms with Crippen LogP contribution in [0.4, 0.5) is 4.79 Å². The largest absolute Gasteiger partial charge is 0.347 e. The maximum absolute atomic E-state index is 10.8. The van der Waals surface area contributed by atoms with E-state index in [0.717, 1.165) is 25.3 Å². The van der Waals surface area contributed by atoms with E-state index in [4.69, 9.17) is 0 Å². The Morgan fingerprint density at radius 2 is 2.18 bits per heavy atom. The number of hydrogen-bond donors (Lipinski definition) is 2. The molecule has 3 nitrogen and oxygen atoms in total. The highest BCUT2D eigenvalue weighted by atomic mass is 32.2. The maximum Gasteiger partial charge on any atom is 0.279 e. The third-order valence-corrected chi connectivity index (χ3v) is 1.84. The van der Waals surface area contributed by atoms with Gasteiger partial charge in [0.25, 0.3) is 5.24 Å². The van der Waals surface area contributed by atoms with Crippen LogP contribution in [0, 0.1) is 0 Å². The Morgan fingerprint density at radius 1 is 1.45 bits per heavy atom. The standard InChI is InChI=1S/C7H16N2OS/c1-3-11-7(10)9-6-4-5-8-2/h8H,3-6H2,1-2H3,(H,9,10). The summed E-state index contributed by atoms with van der Waals surface area (Å²) < 4.78 is 0. The molecule has 0 radical (unpaired) electrons. The van der Waals surface area contributed by atoms with Gasteiger partial charge in [0.2, 0.25) is 0 Å². The van der Waals surface area contributed by atoms with Crippen LogP contribution >= 0.6 is 11.8 Å². The van der Waals surface area contributed by atoms with Crippen molar-refractivity contribution in [2.24, 2.45) is 0 Å². The number of carbonyl (C=O) groups excluding carboxylic acids is 1. The van der Waals surface area contributed by atoms with Crippen LogP contribution in [0.1, 0.15) is 13.3 Å². The number of hydrogen-bond acceptors (Lipinski definition) is 3. The Bertz CT molecular complexity index is 109. The molecule has 0 bridgehead atoms. The highest BCUT2D eigenvalue weighted by molar-refractivity contribution is 8.13. The van der Waals surface area contributed by atoms with Crippen molar-refractivity contribution in [3.8, 4) is 0 Å². The first-order valence-electron chi connectivity index (χ1n) is 3.86. The van der Waals surface area contributed by atoms with Crippen LogP contribution in [0.5, 0.6) is 0 Å². The molecule has 0 rings (SSSR count). The average Bonchev–Trinajstić information content (AvgIpc) is 1.99. The van der Waals surface area contributed by atoms with Crippen molar-refractivity contribution < 1.29 is 4.79 Å². The predicted molar refractivity (Wildman–Crippen MR) is 50.1 cm³/mol. The minimum absolute atomic E-state index is 0.0867. The Balaban J connectivity index is 3.04. The molecule has 0 unspecified atom stereocenters. The molecule has 4 heteroatoms. The van der Waals surface area contributed by atoms with E-state index in [9.17, 15) is 4.79 Å². The molecule has 0 heterocycles. The molecule has 1 amide bonds. The SMILES string of the molecule is CCSC(=O)NCCCNC. The van der Waals surface area contributed by atoms with Gasteiger partial charge in [-0.25, -0.2) is 0 Å². The molecule has 0 spiro atoms. The first-order valence-corrected chi connectivity index (χ1v) is 4.85. The maximum atomic E-state index is 10.8. The minimum atomic E-state index is 0.0867. The van der Waals surface area contributed by atoms with Crippen molar-refractivity contribution in [3.05, 3.63) is 0 Å². The highest BCUT2D eigenvalue weighted by Crippen LogP contribution is 1.98. The summed E-state index contributed by atoms with van der Waals surface area (Å²) in [5.74, 6) is 0.845. The van der Waals surface area contributed by atoms with Crippen LogP contribution in [0.3, 0.4) is 0 Å². The zero-order valence-corrected chi connectivity index (χ0v) is 7.96. The van der Waals surface area contributed by atoms with Crippen molar-refractivity contribution >= 4 is 17.0 Å². The van der Waals surface area contributed by atoms with Gasteiger partial charge in [0.05, 0.1) is 0 Å². The van der Waals surface area contributed by atoms with E-state index >= 15 is 0 Å². The number of thioether (sulfide) groups is 1. The monoisotopic (exact) mass is 176 g/mol. The minimum Gasteiger partial charge on any atom is -0.347 e. The number of rotatable bonds is 5. The van der Waals surface area contributed by atoms with Crippen molar-refractivity contribution in [1.29, 1.82) is 0 Å². The molecule has 0 atom stereocenters. The van der Waals surface area contributed by atoms with Gasteiger partial charge in [-0.3, -0.25) is 4.79 Å². The molecule has 2 N–H and O–H groups in total. The first kappa shape index (κ1) is 10.8. The third-order valence-electron chi connectivity index (χ3n) is 1.15. The van der Waals surface area contributed by atoms with Gasteiger partial charge in [-0.2, -0.15) is 0 Å². The summed E-state index contributed by atoms with van der Waals surface area (Å²) in [6, 6.07) is 0. The van der Waals surface area contributed by atoms with E-state index in [1.807, 2.05) is 14.0 Å². The van der Waals surface area contributed by atoms with Crippen LogP contribution in [-0.4, -0.2) is 31.1 Å². The lowest BCUT2D eigenvalue weighted by Crippen LogP contribution is -2.23.